The highest BCUT2D eigenvalue weighted by molar-refractivity contribution is 6.21. The van der Waals surface area contributed by atoms with Gasteiger partial charge in [-0.2, -0.15) is 0 Å². The molecule has 0 unspecified atom stereocenters. The van der Waals surface area contributed by atoms with E-state index in [1.807, 2.05) is 36.4 Å². The number of hydrogen-bond acceptors (Lipinski definition) is 3. The van der Waals surface area contributed by atoms with E-state index >= 15 is 0 Å². The van der Waals surface area contributed by atoms with Gasteiger partial charge in [-0.3, -0.25) is 14.5 Å². The van der Waals surface area contributed by atoms with Crippen LogP contribution in [0.5, 0.6) is 5.75 Å². The Morgan fingerprint density at radius 1 is 0.793 bits per heavy atom. The molecule has 5 nitrogen and oxygen atoms in total. The van der Waals surface area contributed by atoms with E-state index in [4.69, 9.17) is 0 Å². The maximum atomic E-state index is 12.7. The third kappa shape index (κ3) is 2.79. The number of hydrogen-bond donors (Lipinski definition) is 2. The number of carbonyl (C=O) groups is 2. The van der Waals surface area contributed by atoms with Crippen molar-refractivity contribution < 1.29 is 14.7 Å². The largest absolute Gasteiger partial charge is 0.508 e. The van der Waals surface area contributed by atoms with Crippen LogP contribution >= 0.6 is 0 Å². The predicted molar refractivity (Wildman–Crippen MR) is 111 cm³/mol. The highest BCUT2D eigenvalue weighted by atomic mass is 16.3. The van der Waals surface area contributed by atoms with Crippen LogP contribution in [-0.4, -0.2) is 33.3 Å². The molecule has 0 saturated heterocycles. The van der Waals surface area contributed by atoms with Crippen molar-refractivity contribution in [2.75, 3.05) is 6.54 Å². The molecule has 1 aliphatic heterocycles. The van der Waals surface area contributed by atoms with Crippen molar-refractivity contribution in [2.45, 2.75) is 6.42 Å². The van der Waals surface area contributed by atoms with Crippen molar-refractivity contribution in [1.82, 2.24) is 9.88 Å². The SMILES string of the molecule is O=C1c2ccccc2C(=O)N1CCc1c(-c2ccc(O)cc2)[nH]c2ccccc12. The first-order valence-electron chi connectivity index (χ1n) is 9.47. The number of H-pyrrole nitrogens is 1. The average Bonchev–Trinajstić information content (AvgIpc) is 3.23. The van der Waals surface area contributed by atoms with E-state index in [2.05, 4.69) is 4.98 Å². The van der Waals surface area contributed by atoms with E-state index < -0.39 is 0 Å². The van der Waals surface area contributed by atoms with Gasteiger partial charge in [0.25, 0.3) is 11.8 Å². The van der Waals surface area contributed by atoms with Crippen LogP contribution in [0.15, 0.2) is 72.8 Å². The fourth-order valence-corrected chi connectivity index (χ4v) is 4.00. The lowest BCUT2D eigenvalue weighted by molar-refractivity contribution is 0.0656. The lowest BCUT2D eigenvalue weighted by Crippen LogP contribution is -2.31. The summed E-state index contributed by atoms with van der Waals surface area (Å²) in [6, 6.07) is 21.9. The van der Waals surface area contributed by atoms with Gasteiger partial charge in [-0.05, 0) is 60.0 Å². The fraction of sp³-hybridized carbons (Fsp3) is 0.0833. The first-order chi connectivity index (χ1) is 14.1. The Morgan fingerprint density at radius 3 is 2.10 bits per heavy atom. The number of carbonyl (C=O) groups excluding carboxylic acids is 2. The first-order valence-corrected chi connectivity index (χ1v) is 9.47. The molecule has 3 aromatic carbocycles. The van der Waals surface area contributed by atoms with Gasteiger partial charge in [0, 0.05) is 23.1 Å². The number of rotatable bonds is 4. The molecule has 4 aromatic rings. The van der Waals surface area contributed by atoms with E-state index in [9.17, 15) is 14.7 Å². The second kappa shape index (κ2) is 6.63. The highest BCUT2D eigenvalue weighted by Gasteiger charge is 2.34. The Kier molecular flexibility index (Phi) is 3.95. The van der Waals surface area contributed by atoms with Crippen molar-refractivity contribution in [2.24, 2.45) is 0 Å². The number of aromatic amines is 1. The molecule has 2 amide bonds. The second-order valence-electron chi connectivity index (χ2n) is 7.13. The van der Waals surface area contributed by atoms with E-state index in [0.29, 0.717) is 24.1 Å². The van der Waals surface area contributed by atoms with Gasteiger partial charge in [0.1, 0.15) is 5.75 Å². The number of aromatic nitrogens is 1. The quantitative estimate of drug-likeness (QED) is 0.515. The Hall–Kier alpha value is -3.86. The van der Waals surface area contributed by atoms with Crippen LogP contribution in [0.25, 0.3) is 22.2 Å². The Bertz CT molecular complexity index is 1220. The van der Waals surface area contributed by atoms with Crippen molar-refractivity contribution in [3.8, 4) is 17.0 Å². The van der Waals surface area contributed by atoms with Crippen LogP contribution in [0, 0.1) is 0 Å². The molecule has 0 fully saturated rings. The van der Waals surface area contributed by atoms with Crippen LogP contribution in [0.4, 0.5) is 0 Å². The van der Waals surface area contributed by atoms with Crippen LogP contribution in [0.2, 0.25) is 0 Å². The van der Waals surface area contributed by atoms with Gasteiger partial charge in [-0.1, -0.05) is 30.3 Å². The molecule has 1 aromatic heterocycles. The summed E-state index contributed by atoms with van der Waals surface area (Å²) in [7, 11) is 0. The summed E-state index contributed by atoms with van der Waals surface area (Å²) in [6.45, 7) is 0.305. The third-order valence-corrected chi connectivity index (χ3v) is 5.43. The van der Waals surface area contributed by atoms with Gasteiger partial charge in [0.05, 0.1) is 11.1 Å². The van der Waals surface area contributed by atoms with Gasteiger partial charge in [-0.15, -0.1) is 0 Å². The lowest BCUT2D eigenvalue weighted by atomic mass is 10.0. The summed E-state index contributed by atoms with van der Waals surface area (Å²) >= 11 is 0. The minimum absolute atomic E-state index is 0.206. The number of imide groups is 1. The molecular weight excluding hydrogens is 364 g/mol. The zero-order valence-electron chi connectivity index (χ0n) is 15.6. The summed E-state index contributed by atoms with van der Waals surface area (Å²) in [5, 5.41) is 10.7. The third-order valence-electron chi connectivity index (χ3n) is 5.43. The molecule has 0 aliphatic carbocycles. The number of amides is 2. The van der Waals surface area contributed by atoms with Crippen molar-refractivity contribution in [3.63, 3.8) is 0 Å². The van der Waals surface area contributed by atoms with Crippen LogP contribution in [0.3, 0.4) is 0 Å². The van der Waals surface area contributed by atoms with Crippen molar-refractivity contribution in [1.29, 1.82) is 0 Å². The second-order valence-corrected chi connectivity index (χ2v) is 7.13. The zero-order chi connectivity index (χ0) is 20.0. The van der Waals surface area contributed by atoms with Gasteiger partial charge in [0.2, 0.25) is 0 Å². The summed E-state index contributed by atoms with van der Waals surface area (Å²) in [6.07, 6.45) is 0.533. The van der Waals surface area contributed by atoms with Crippen LogP contribution in [-0.2, 0) is 6.42 Å². The maximum Gasteiger partial charge on any atom is 0.261 e. The first kappa shape index (κ1) is 17.3. The molecule has 0 spiro atoms. The summed E-state index contributed by atoms with van der Waals surface area (Å²) in [5.74, 6) is -0.273. The van der Waals surface area contributed by atoms with Crippen molar-refractivity contribution >= 4 is 22.7 Å². The molecule has 5 rings (SSSR count). The topological polar surface area (TPSA) is 73.4 Å². The van der Waals surface area contributed by atoms with E-state index in [-0.39, 0.29) is 17.6 Å². The molecule has 2 heterocycles. The Morgan fingerprint density at radius 2 is 1.41 bits per heavy atom. The Balaban J connectivity index is 1.51. The van der Waals surface area contributed by atoms with Gasteiger partial charge in [0.15, 0.2) is 0 Å². The van der Waals surface area contributed by atoms with Gasteiger partial charge >= 0.3 is 0 Å². The number of phenols is 1. The van der Waals surface area contributed by atoms with Gasteiger partial charge in [-0.25, -0.2) is 0 Å². The van der Waals surface area contributed by atoms with Gasteiger partial charge < -0.3 is 10.1 Å². The van der Waals surface area contributed by atoms with E-state index in [1.165, 1.54) is 4.90 Å². The summed E-state index contributed by atoms with van der Waals surface area (Å²) in [4.78, 5) is 30.2. The normalized spacial score (nSPS) is 13.3. The lowest BCUT2D eigenvalue weighted by Gasteiger charge is -2.14. The number of nitrogens with zero attached hydrogens (tertiary/aromatic N) is 1. The zero-order valence-corrected chi connectivity index (χ0v) is 15.6. The van der Waals surface area contributed by atoms with Crippen molar-refractivity contribution in [3.05, 3.63) is 89.5 Å². The molecule has 142 valence electrons. The number of fused-ring (bicyclic) bond motifs is 2. The molecule has 0 saturated carbocycles. The maximum absolute atomic E-state index is 12.7. The van der Waals surface area contributed by atoms with Crippen LogP contribution < -0.4 is 0 Å². The number of para-hydroxylation sites is 1. The summed E-state index contributed by atoms with van der Waals surface area (Å²) in [5.41, 5.74) is 4.85. The highest BCUT2D eigenvalue weighted by Crippen LogP contribution is 2.32. The van der Waals surface area contributed by atoms with Crippen LogP contribution in [0.1, 0.15) is 26.3 Å². The minimum atomic E-state index is -0.239. The monoisotopic (exact) mass is 382 g/mol. The predicted octanol–water partition coefficient (Wildman–Crippen LogP) is 4.38. The average molecular weight is 382 g/mol. The molecule has 29 heavy (non-hydrogen) atoms. The number of aromatic hydroxyl groups is 1. The molecular formula is C24H18N2O3. The molecule has 5 heteroatoms. The molecule has 0 bridgehead atoms. The van der Waals surface area contributed by atoms with E-state index in [1.54, 1.807) is 36.4 Å². The standard InChI is InChI=1S/C24H18N2O3/c27-16-11-9-15(10-12-16)22-18(17-5-3-4-8-21(17)25-22)13-14-26-23(28)19-6-1-2-7-20(19)24(26)29/h1-12,25,27H,13-14H2. The number of benzene rings is 3. The fourth-order valence-electron chi connectivity index (χ4n) is 4.00. The Labute approximate surface area is 167 Å². The molecule has 0 radical (unpaired) electrons. The molecule has 2 N–H and O–H groups in total. The summed E-state index contributed by atoms with van der Waals surface area (Å²) < 4.78 is 0. The smallest absolute Gasteiger partial charge is 0.261 e. The molecule has 1 aliphatic rings. The number of nitrogens with one attached hydrogen (secondary N) is 1. The number of phenolic OH excluding ortho intramolecular Hbond substituents is 1. The van der Waals surface area contributed by atoms with E-state index in [0.717, 1.165) is 27.7 Å². The minimum Gasteiger partial charge on any atom is -0.508 e. The molecule has 0 atom stereocenters.